The van der Waals surface area contributed by atoms with E-state index < -0.39 is 0 Å². The lowest BCUT2D eigenvalue weighted by molar-refractivity contribution is 0.448. The van der Waals surface area contributed by atoms with E-state index in [-0.39, 0.29) is 15.8 Å². The first-order chi connectivity index (χ1) is 19.4. The van der Waals surface area contributed by atoms with Crippen molar-refractivity contribution in [3.05, 3.63) is 9.75 Å². The molecule has 0 radical (unpaired) electrons. The zero-order chi connectivity index (χ0) is 26.0. The SMILES string of the molecule is C1CCC(c2sc(C3CCCCC3)c(P(C3CCCC3)C3CCCC3)c2P(C2CCCC2)C2CCCC2)CC1. The summed E-state index contributed by atoms with van der Waals surface area (Å²) in [6, 6.07) is 0. The molecule has 0 nitrogen and oxygen atoms in total. The van der Waals surface area contributed by atoms with E-state index in [1.807, 2.05) is 0 Å². The molecule has 1 aromatic rings. The third-order valence-corrected chi connectivity index (χ3v) is 21.4. The number of rotatable bonds is 8. The summed E-state index contributed by atoms with van der Waals surface area (Å²) in [6.07, 6.45) is 40.3. The Morgan fingerprint density at radius 3 is 0.872 bits per heavy atom. The highest BCUT2D eigenvalue weighted by molar-refractivity contribution is 7.74. The molecule has 0 bridgehead atoms. The molecule has 6 saturated carbocycles. The van der Waals surface area contributed by atoms with E-state index in [2.05, 4.69) is 31.7 Å². The summed E-state index contributed by atoms with van der Waals surface area (Å²) in [4.78, 5) is 4.14. The van der Waals surface area contributed by atoms with Crippen LogP contribution in [0.15, 0.2) is 0 Å². The number of thiophene rings is 1. The maximum Gasteiger partial charge on any atom is 0.0163 e. The van der Waals surface area contributed by atoms with Gasteiger partial charge in [-0.3, -0.25) is 0 Å². The van der Waals surface area contributed by atoms with Gasteiger partial charge in [-0.05, 0) is 122 Å². The van der Waals surface area contributed by atoms with E-state index in [0.717, 1.165) is 34.5 Å². The number of hydrogen-bond donors (Lipinski definition) is 0. The molecule has 7 rings (SSSR count). The largest absolute Gasteiger partial charge is 0.143 e. The van der Waals surface area contributed by atoms with E-state index >= 15 is 0 Å². The van der Waals surface area contributed by atoms with E-state index in [1.165, 1.54) is 64.2 Å². The first-order valence-corrected chi connectivity index (χ1v) is 21.9. The van der Waals surface area contributed by atoms with Gasteiger partial charge in [0.05, 0.1) is 0 Å². The molecule has 0 atom stereocenters. The summed E-state index contributed by atoms with van der Waals surface area (Å²) in [5.41, 5.74) is 4.34. The summed E-state index contributed by atoms with van der Waals surface area (Å²) >= 11 is 2.52. The second-order valence-electron chi connectivity index (χ2n) is 14.8. The summed E-state index contributed by atoms with van der Waals surface area (Å²) in [5, 5.41) is 4.43. The van der Waals surface area contributed by atoms with Crippen molar-refractivity contribution in [1.29, 1.82) is 0 Å². The molecule has 0 amide bonds. The zero-order valence-corrected chi connectivity index (χ0v) is 27.8. The van der Waals surface area contributed by atoms with Crippen molar-refractivity contribution in [3.8, 4) is 0 Å². The van der Waals surface area contributed by atoms with Crippen LogP contribution >= 0.6 is 27.2 Å². The Kier molecular flexibility index (Phi) is 9.78. The Balaban J connectivity index is 1.43. The molecule has 1 heterocycles. The van der Waals surface area contributed by atoms with Gasteiger partial charge in [0.1, 0.15) is 0 Å². The van der Waals surface area contributed by atoms with Crippen LogP contribution in [0.25, 0.3) is 0 Å². The molecule has 0 aliphatic heterocycles. The molecule has 0 aromatic carbocycles. The van der Waals surface area contributed by atoms with Gasteiger partial charge < -0.3 is 0 Å². The van der Waals surface area contributed by atoms with Gasteiger partial charge in [0.15, 0.2) is 0 Å². The third-order valence-electron chi connectivity index (χ3n) is 12.3. The fraction of sp³-hybridized carbons (Fsp3) is 0.889. The molecule has 0 saturated heterocycles. The van der Waals surface area contributed by atoms with Crippen LogP contribution in [-0.4, -0.2) is 22.6 Å². The van der Waals surface area contributed by atoms with Crippen LogP contribution < -0.4 is 10.6 Å². The van der Waals surface area contributed by atoms with E-state index in [0.29, 0.717) is 0 Å². The van der Waals surface area contributed by atoms with Crippen LogP contribution in [0.5, 0.6) is 0 Å². The van der Waals surface area contributed by atoms with E-state index in [4.69, 9.17) is 0 Å². The van der Waals surface area contributed by atoms with Gasteiger partial charge in [-0.2, -0.15) is 0 Å². The molecule has 39 heavy (non-hydrogen) atoms. The molecular weight excluding hydrogens is 526 g/mol. The smallest absolute Gasteiger partial charge is 0.0163 e. The van der Waals surface area contributed by atoms with Crippen molar-refractivity contribution in [2.45, 2.75) is 201 Å². The zero-order valence-electron chi connectivity index (χ0n) is 25.2. The molecular formula is C36H58P2S. The highest BCUT2D eigenvalue weighted by Gasteiger charge is 2.45. The first kappa shape index (κ1) is 28.3. The summed E-state index contributed by atoms with van der Waals surface area (Å²) < 4.78 is 0. The molecule has 0 unspecified atom stereocenters. The highest BCUT2D eigenvalue weighted by Crippen LogP contribution is 2.64. The average molecular weight is 585 g/mol. The number of hydrogen-bond acceptors (Lipinski definition) is 1. The molecule has 6 aliphatic rings. The van der Waals surface area contributed by atoms with Crippen molar-refractivity contribution < 1.29 is 0 Å². The topological polar surface area (TPSA) is 0 Å². The minimum atomic E-state index is 0.0408. The van der Waals surface area contributed by atoms with Crippen molar-refractivity contribution >= 4 is 37.8 Å². The van der Waals surface area contributed by atoms with Crippen molar-refractivity contribution in [1.82, 2.24) is 0 Å². The maximum atomic E-state index is 2.52. The standard InChI is InChI=1S/C36H58P2S/c1-3-15-27(16-4-1)35-33(37(29-19-7-8-20-29)30-21-9-10-22-30)34(36(39-35)28-17-5-2-6-18-28)38(31-23-11-12-24-31)32-25-13-14-26-32/h27-32H,1-26H2. The lowest BCUT2D eigenvalue weighted by atomic mass is 9.87. The lowest BCUT2D eigenvalue weighted by Crippen LogP contribution is -2.35. The van der Waals surface area contributed by atoms with Gasteiger partial charge in [0.2, 0.25) is 0 Å². The summed E-state index contributed by atoms with van der Waals surface area (Å²) in [5.74, 6) is 1.87. The van der Waals surface area contributed by atoms with Crippen molar-refractivity contribution in [2.24, 2.45) is 0 Å². The summed E-state index contributed by atoms with van der Waals surface area (Å²) in [7, 11) is 0.0816. The molecule has 0 spiro atoms. The molecule has 6 fully saturated rings. The average Bonchev–Trinajstić information content (AvgIpc) is 3.82. The van der Waals surface area contributed by atoms with Crippen LogP contribution in [0.4, 0.5) is 0 Å². The summed E-state index contributed by atoms with van der Waals surface area (Å²) in [6.45, 7) is 0. The Morgan fingerprint density at radius 1 is 0.333 bits per heavy atom. The monoisotopic (exact) mass is 584 g/mol. The molecule has 1 aromatic heterocycles. The van der Waals surface area contributed by atoms with Crippen LogP contribution in [0, 0.1) is 0 Å². The predicted octanol–water partition coefficient (Wildman–Crippen LogP) is 11.8. The Hall–Kier alpha value is 0.560. The Bertz CT molecular complexity index is 796. The molecule has 3 heteroatoms. The highest BCUT2D eigenvalue weighted by atomic mass is 32.1. The normalized spacial score (nSPS) is 27.7. The molecule has 0 N–H and O–H groups in total. The first-order valence-electron chi connectivity index (χ1n) is 18.1. The van der Waals surface area contributed by atoms with Crippen LogP contribution in [-0.2, 0) is 0 Å². The van der Waals surface area contributed by atoms with Gasteiger partial charge >= 0.3 is 0 Å². The second kappa shape index (κ2) is 13.5. The minimum Gasteiger partial charge on any atom is -0.143 e. The van der Waals surface area contributed by atoms with Gasteiger partial charge in [-0.15, -0.1) is 11.3 Å². The predicted molar refractivity (Wildman–Crippen MR) is 178 cm³/mol. The van der Waals surface area contributed by atoms with E-state index in [9.17, 15) is 0 Å². The van der Waals surface area contributed by atoms with Gasteiger partial charge in [0, 0.05) is 9.75 Å². The van der Waals surface area contributed by atoms with Crippen LogP contribution in [0.1, 0.15) is 189 Å². The van der Waals surface area contributed by atoms with Crippen molar-refractivity contribution in [2.75, 3.05) is 0 Å². The third kappa shape index (κ3) is 6.02. The van der Waals surface area contributed by atoms with Gasteiger partial charge in [-0.1, -0.05) is 106 Å². The fourth-order valence-electron chi connectivity index (χ4n) is 10.3. The van der Waals surface area contributed by atoms with Crippen LogP contribution in [0.2, 0.25) is 0 Å². The van der Waals surface area contributed by atoms with Crippen LogP contribution in [0.3, 0.4) is 0 Å². The van der Waals surface area contributed by atoms with E-state index in [1.54, 1.807) is 103 Å². The quantitative estimate of drug-likeness (QED) is 0.267. The molecule has 6 aliphatic carbocycles. The minimum absolute atomic E-state index is 0.0408. The van der Waals surface area contributed by atoms with Gasteiger partial charge in [0.25, 0.3) is 0 Å². The molecule has 218 valence electrons. The lowest BCUT2D eigenvalue weighted by Gasteiger charge is -2.38. The van der Waals surface area contributed by atoms with Crippen molar-refractivity contribution in [3.63, 3.8) is 0 Å². The fourth-order valence-corrected chi connectivity index (χ4v) is 21.4. The maximum absolute atomic E-state index is 2.52. The Morgan fingerprint density at radius 2 is 0.590 bits per heavy atom. The van der Waals surface area contributed by atoms with Gasteiger partial charge in [-0.25, -0.2) is 0 Å². The second-order valence-corrected chi connectivity index (χ2v) is 21.3. The Labute approximate surface area is 248 Å².